The van der Waals surface area contributed by atoms with Crippen LogP contribution in [0, 0.1) is 0 Å². The highest BCUT2D eigenvalue weighted by Crippen LogP contribution is 2.25. The maximum absolute atomic E-state index is 12.2. The summed E-state index contributed by atoms with van der Waals surface area (Å²) in [6.45, 7) is 9.25. The predicted molar refractivity (Wildman–Crippen MR) is 106 cm³/mol. The molecule has 1 saturated heterocycles. The van der Waals surface area contributed by atoms with Gasteiger partial charge in [0.2, 0.25) is 11.8 Å². The molecule has 1 aliphatic heterocycles. The van der Waals surface area contributed by atoms with E-state index in [0.717, 1.165) is 39.3 Å². The van der Waals surface area contributed by atoms with Crippen molar-refractivity contribution in [2.24, 2.45) is 0 Å². The minimum absolute atomic E-state index is 0.123. The first kappa shape index (κ1) is 21.0. The van der Waals surface area contributed by atoms with Crippen LogP contribution in [0.2, 0.25) is 10.0 Å². The summed E-state index contributed by atoms with van der Waals surface area (Å²) in [4.78, 5) is 30.5. The van der Waals surface area contributed by atoms with Crippen LogP contribution in [0.25, 0.3) is 0 Å². The van der Waals surface area contributed by atoms with Crippen molar-refractivity contribution in [2.75, 3.05) is 57.7 Å². The van der Waals surface area contributed by atoms with Crippen molar-refractivity contribution in [3.63, 3.8) is 0 Å². The lowest BCUT2D eigenvalue weighted by molar-refractivity contribution is -0.132. The topological polar surface area (TPSA) is 55.9 Å². The van der Waals surface area contributed by atoms with Crippen LogP contribution in [-0.4, -0.2) is 78.9 Å². The first-order valence-corrected chi connectivity index (χ1v) is 9.65. The summed E-state index contributed by atoms with van der Waals surface area (Å²) >= 11 is 12.0. The van der Waals surface area contributed by atoms with Gasteiger partial charge in [0, 0.05) is 44.3 Å². The van der Waals surface area contributed by atoms with E-state index in [9.17, 15) is 9.59 Å². The lowest BCUT2D eigenvalue weighted by Crippen LogP contribution is -2.51. The number of halogens is 2. The summed E-state index contributed by atoms with van der Waals surface area (Å²) in [5, 5.41) is 3.79. The summed E-state index contributed by atoms with van der Waals surface area (Å²) in [6.07, 6.45) is 0. The van der Waals surface area contributed by atoms with Gasteiger partial charge in [-0.15, -0.1) is 0 Å². The third-order valence-corrected chi connectivity index (χ3v) is 5.07. The highest BCUT2D eigenvalue weighted by molar-refractivity contribution is 6.35. The maximum atomic E-state index is 12.2. The normalized spacial score (nSPS) is 15.7. The Hall–Kier alpha value is -1.34. The Kier molecular flexibility index (Phi) is 8.15. The molecule has 1 heterocycles. The van der Waals surface area contributed by atoms with E-state index in [2.05, 4.69) is 15.1 Å². The molecule has 1 aliphatic rings. The van der Waals surface area contributed by atoms with E-state index in [4.69, 9.17) is 23.2 Å². The standard InChI is InChI=1S/C18H26Cl2N4O2/c1-3-24(4-2)18(26)13-23-9-7-22(8-10-23)12-17(25)21-16-11-14(19)5-6-15(16)20/h5-6,11H,3-4,7-10,12-13H2,1-2H3,(H,21,25). The van der Waals surface area contributed by atoms with Gasteiger partial charge in [-0.2, -0.15) is 0 Å². The Morgan fingerprint density at radius 1 is 1.04 bits per heavy atom. The van der Waals surface area contributed by atoms with Crippen LogP contribution in [-0.2, 0) is 9.59 Å². The fourth-order valence-corrected chi connectivity index (χ4v) is 3.30. The fourth-order valence-electron chi connectivity index (χ4n) is 2.96. The monoisotopic (exact) mass is 400 g/mol. The maximum Gasteiger partial charge on any atom is 0.238 e. The van der Waals surface area contributed by atoms with E-state index in [1.807, 2.05) is 18.7 Å². The van der Waals surface area contributed by atoms with Crippen LogP contribution in [0.4, 0.5) is 5.69 Å². The summed E-state index contributed by atoms with van der Waals surface area (Å²) < 4.78 is 0. The molecule has 144 valence electrons. The van der Waals surface area contributed by atoms with Gasteiger partial charge in [0.15, 0.2) is 0 Å². The first-order chi connectivity index (χ1) is 12.4. The van der Waals surface area contributed by atoms with Crippen LogP contribution in [0.3, 0.4) is 0 Å². The Morgan fingerprint density at radius 3 is 2.19 bits per heavy atom. The number of likely N-dealkylation sites (N-methyl/N-ethyl adjacent to an activating group) is 1. The molecule has 0 atom stereocenters. The molecule has 0 aromatic heterocycles. The van der Waals surface area contributed by atoms with E-state index in [0.29, 0.717) is 28.8 Å². The molecule has 1 aromatic rings. The molecule has 1 aromatic carbocycles. The van der Waals surface area contributed by atoms with Gasteiger partial charge < -0.3 is 10.2 Å². The molecule has 8 heteroatoms. The molecule has 1 N–H and O–H groups in total. The molecule has 0 bridgehead atoms. The summed E-state index contributed by atoms with van der Waals surface area (Å²) in [6, 6.07) is 4.97. The Bertz CT molecular complexity index is 630. The average molecular weight is 401 g/mol. The van der Waals surface area contributed by atoms with Gasteiger partial charge in [-0.05, 0) is 32.0 Å². The summed E-state index contributed by atoms with van der Waals surface area (Å²) in [5.74, 6) is 0.0404. The number of hydrogen-bond acceptors (Lipinski definition) is 4. The summed E-state index contributed by atoms with van der Waals surface area (Å²) in [7, 11) is 0. The molecule has 0 aliphatic carbocycles. The van der Waals surface area contributed by atoms with Crippen molar-refractivity contribution < 1.29 is 9.59 Å². The highest BCUT2D eigenvalue weighted by Gasteiger charge is 2.22. The second-order valence-electron chi connectivity index (χ2n) is 6.29. The fraction of sp³-hybridized carbons (Fsp3) is 0.556. The van der Waals surface area contributed by atoms with Crippen LogP contribution >= 0.6 is 23.2 Å². The molecular formula is C18H26Cl2N4O2. The molecule has 2 amide bonds. The van der Waals surface area contributed by atoms with E-state index in [1.54, 1.807) is 18.2 Å². The third-order valence-electron chi connectivity index (χ3n) is 4.51. The van der Waals surface area contributed by atoms with Crippen molar-refractivity contribution in [2.45, 2.75) is 13.8 Å². The van der Waals surface area contributed by atoms with Crippen LogP contribution in [0.15, 0.2) is 18.2 Å². The number of carbonyl (C=O) groups excluding carboxylic acids is 2. The molecule has 0 radical (unpaired) electrons. The number of hydrogen-bond donors (Lipinski definition) is 1. The van der Waals surface area contributed by atoms with Gasteiger partial charge in [0.25, 0.3) is 0 Å². The zero-order valence-corrected chi connectivity index (χ0v) is 16.8. The first-order valence-electron chi connectivity index (χ1n) is 8.90. The molecule has 0 spiro atoms. The minimum atomic E-state index is -0.123. The minimum Gasteiger partial charge on any atom is -0.342 e. The number of nitrogens with one attached hydrogen (secondary N) is 1. The summed E-state index contributed by atoms with van der Waals surface area (Å²) in [5.41, 5.74) is 0.521. The van der Waals surface area contributed by atoms with Gasteiger partial charge in [-0.25, -0.2) is 0 Å². The second-order valence-corrected chi connectivity index (χ2v) is 7.13. The molecule has 0 saturated carbocycles. The van der Waals surface area contributed by atoms with Crippen molar-refractivity contribution in [3.05, 3.63) is 28.2 Å². The largest absolute Gasteiger partial charge is 0.342 e. The van der Waals surface area contributed by atoms with E-state index < -0.39 is 0 Å². The average Bonchev–Trinajstić information content (AvgIpc) is 2.61. The Labute approximate surface area is 165 Å². The van der Waals surface area contributed by atoms with Gasteiger partial charge >= 0.3 is 0 Å². The van der Waals surface area contributed by atoms with Crippen molar-refractivity contribution in [3.8, 4) is 0 Å². The zero-order chi connectivity index (χ0) is 19.1. The van der Waals surface area contributed by atoms with E-state index in [1.165, 1.54) is 0 Å². The molecule has 2 rings (SSSR count). The van der Waals surface area contributed by atoms with E-state index in [-0.39, 0.29) is 11.8 Å². The molecular weight excluding hydrogens is 375 g/mol. The highest BCUT2D eigenvalue weighted by atomic mass is 35.5. The van der Waals surface area contributed by atoms with Crippen LogP contribution in [0.5, 0.6) is 0 Å². The smallest absolute Gasteiger partial charge is 0.238 e. The number of benzene rings is 1. The molecule has 6 nitrogen and oxygen atoms in total. The number of carbonyl (C=O) groups is 2. The van der Waals surface area contributed by atoms with Gasteiger partial charge in [-0.3, -0.25) is 19.4 Å². The molecule has 1 fully saturated rings. The van der Waals surface area contributed by atoms with Crippen molar-refractivity contribution >= 4 is 40.7 Å². The van der Waals surface area contributed by atoms with Gasteiger partial charge in [0.1, 0.15) is 0 Å². The van der Waals surface area contributed by atoms with Crippen LogP contribution < -0.4 is 5.32 Å². The molecule has 26 heavy (non-hydrogen) atoms. The lowest BCUT2D eigenvalue weighted by Gasteiger charge is -2.34. The predicted octanol–water partition coefficient (Wildman–Crippen LogP) is 2.42. The molecule has 0 unspecified atom stereocenters. The third kappa shape index (κ3) is 6.13. The second kappa shape index (κ2) is 10.1. The Morgan fingerprint density at radius 2 is 1.62 bits per heavy atom. The Balaban J connectivity index is 1.77. The number of amides is 2. The van der Waals surface area contributed by atoms with Gasteiger partial charge in [0.05, 0.1) is 23.8 Å². The number of rotatable bonds is 7. The zero-order valence-electron chi connectivity index (χ0n) is 15.3. The van der Waals surface area contributed by atoms with Crippen molar-refractivity contribution in [1.29, 1.82) is 0 Å². The lowest BCUT2D eigenvalue weighted by atomic mass is 10.3. The van der Waals surface area contributed by atoms with Crippen molar-refractivity contribution in [1.82, 2.24) is 14.7 Å². The van der Waals surface area contributed by atoms with Crippen LogP contribution in [0.1, 0.15) is 13.8 Å². The van der Waals surface area contributed by atoms with E-state index >= 15 is 0 Å². The SMILES string of the molecule is CCN(CC)C(=O)CN1CCN(CC(=O)Nc2cc(Cl)ccc2Cl)CC1. The number of piperazine rings is 1. The number of anilines is 1. The quantitative estimate of drug-likeness (QED) is 0.763. The van der Waals surface area contributed by atoms with Gasteiger partial charge in [-0.1, -0.05) is 23.2 Å². The number of nitrogens with zero attached hydrogens (tertiary/aromatic N) is 3.